The highest BCUT2D eigenvalue weighted by Crippen LogP contribution is 2.15. The van der Waals surface area contributed by atoms with Gasteiger partial charge in [0.25, 0.3) is 5.91 Å². The molecule has 0 bridgehead atoms. The Hall–Kier alpha value is -1.54. The summed E-state index contributed by atoms with van der Waals surface area (Å²) < 4.78 is 49.9. The molecule has 0 fully saturated rings. The molecule has 0 aliphatic rings. The van der Waals surface area contributed by atoms with Crippen LogP contribution in [0.2, 0.25) is 0 Å². The number of nitrogens with one attached hydrogen (secondary N) is 2. The Morgan fingerprint density at radius 1 is 1.16 bits per heavy atom. The average Bonchev–Trinajstić information content (AvgIpc) is 2.27. The van der Waals surface area contributed by atoms with Gasteiger partial charge in [-0.3, -0.25) is 4.79 Å². The lowest BCUT2D eigenvalue weighted by Crippen LogP contribution is -2.30. The average molecular weight is 292 g/mol. The normalized spacial score (nSPS) is 11.9. The first-order chi connectivity index (χ1) is 8.72. The summed E-state index contributed by atoms with van der Waals surface area (Å²) in [5, 5.41) is 1.96. The first kappa shape index (κ1) is 15.5. The van der Waals surface area contributed by atoms with E-state index >= 15 is 0 Å². The lowest BCUT2D eigenvalue weighted by molar-refractivity contribution is -0.126. The minimum Gasteiger partial charge on any atom is -0.321 e. The lowest BCUT2D eigenvalue weighted by atomic mass is 10.3. The summed E-state index contributed by atoms with van der Waals surface area (Å²) >= 11 is 0. The maximum absolute atomic E-state index is 12.0. The van der Waals surface area contributed by atoms with Crippen molar-refractivity contribution in [2.75, 3.05) is 5.32 Å². The highest BCUT2D eigenvalue weighted by molar-refractivity contribution is 7.89. The molecule has 0 heterocycles. The molecule has 8 heteroatoms. The van der Waals surface area contributed by atoms with Crippen molar-refractivity contribution < 1.29 is 22.0 Å². The maximum atomic E-state index is 12.0. The fourth-order valence-electron chi connectivity index (χ4n) is 1.29. The quantitative estimate of drug-likeness (QED) is 0.865. The largest absolute Gasteiger partial charge is 0.321 e. The minimum absolute atomic E-state index is 0.00348. The van der Waals surface area contributed by atoms with Crippen LogP contribution in [0.3, 0.4) is 0 Å². The molecule has 2 N–H and O–H groups in total. The van der Waals surface area contributed by atoms with Gasteiger partial charge in [0, 0.05) is 11.7 Å². The predicted molar refractivity (Wildman–Crippen MR) is 66.5 cm³/mol. The summed E-state index contributed by atoms with van der Waals surface area (Å²) in [7, 11) is -3.63. The third-order valence-electron chi connectivity index (χ3n) is 2.02. The Morgan fingerprint density at radius 2 is 1.68 bits per heavy atom. The van der Waals surface area contributed by atoms with Crippen molar-refractivity contribution >= 4 is 21.6 Å². The van der Waals surface area contributed by atoms with Crippen molar-refractivity contribution in [3.05, 3.63) is 24.3 Å². The smallest absolute Gasteiger partial charge is 0.315 e. The summed E-state index contributed by atoms with van der Waals surface area (Å²) in [5.41, 5.74) is 0.105. The van der Waals surface area contributed by atoms with Crippen molar-refractivity contribution in [2.24, 2.45) is 0 Å². The van der Waals surface area contributed by atoms with E-state index in [2.05, 4.69) is 4.72 Å². The Balaban J connectivity index is 2.85. The van der Waals surface area contributed by atoms with Crippen molar-refractivity contribution in [2.45, 2.75) is 31.2 Å². The third-order valence-corrected chi connectivity index (χ3v) is 3.70. The first-order valence-electron chi connectivity index (χ1n) is 5.44. The second-order valence-corrected chi connectivity index (χ2v) is 5.80. The van der Waals surface area contributed by atoms with Crippen LogP contribution in [0.5, 0.6) is 0 Å². The molecule has 106 valence electrons. The van der Waals surface area contributed by atoms with Crippen LogP contribution in [-0.4, -0.2) is 26.8 Å². The molecule has 0 saturated carbocycles. The number of amides is 1. The number of sulfonamides is 1. The molecule has 1 aromatic rings. The Morgan fingerprint density at radius 3 is 2.11 bits per heavy atom. The second-order valence-electron chi connectivity index (χ2n) is 4.09. The van der Waals surface area contributed by atoms with Gasteiger partial charge in [0.2, 0.25) is 10.0 Å². The fourth-order valence-corrected chi connectivity index (χ4v) is 2.54. The van der Waals surface area contributed by atoms with Gasteiger partial charge in [0.15, 0.2) is 0 Å². The topological polar surface area (TPSA) is 75.3 Å². The molecule has 1 amide bonds. The SMILES string of the molecule is CC(C)NS(=O)(=O)c1ccc(NC(=O)C(F)F)cc1. The second kappa shape index (κ2) is 6.07. The van der Waals surface area contributed by atoms with Gasteiger partial charge in [-0.2, -0.15) is 8.78 Å². The summed E-state index contributed by atoms with van der Waals surface area (Å²) in [6.45, 7) is 3.35. The van der Waals surface area contributed by atoms with Crippen LogP contribution < -0.4 is 10.0 Å². The molecule has 0 atom stereocenters. The number of hydrogen-bond donors (Lipinski definition) is 2. The third kappa shape index (κ3) is 4.56. The van der Waals surface area contributed by atoms with Gasteiger partial charge in [-0.15, -0.1) is 0 Å². The zero-order valence-corrected chi connectivity index (χ0v) is 11.2. The van der Waals surface area contributed by atoms with Gasteiger partial charge in [0.1, 0.15) is 0 Å². The van der Waals surface area contributed by atoms with E-state index in [1.54, 1.807) is 13.8 Å². The molecule has 5 nitrogen and oxygen atoms in total. The van der Waals surface area contributed by atoms with Gasteiger partial charge in [-0.1, -0.05) is 0 Å². The van der Waals surface area contributed by atoms with Crippen molar-refractivity contribution in [1.82, 2.24) is 4.72 Å². The van der Waals surface area contributed by atoms with Gasteiger partial charge in [-0.25, -0.2) is 13.1 Å². The molecule has 1 rings (SSSR count). The molecule has 0 aliphatic heterocycles. The summed E-state index contributed by atoms with van der Waals surface area (Å²) in [4.78, 5) is 10.7. The van der Waals surface area contributed by atoms with E-state index in [1.807, 2.05) is 5.32 Å². The van der Waals surface area contributed by atoms with E-state index < -0.39 is 22.4 Å². The molecule has 0 aliphatic carbocycles. The number of rotatable bonds is 5. The highest BCUT2D eigenvalue weighted by atomic mass is 32.2. The van der Waals surface area contributed by atoms with Crippen LogP contribution >= 0.6 is 0 Å². The van der Waals surface area contributed by atoms with E-state index in [0.29, 0.717) is 0 Å². The number of hydrogen-bond acceptors (Lipinski definition) is 3. The van der Waals surface area contributed by atoms with Crippen molar-refractivity contribution in [3.63, 3.8) is 0 Å². The van der Waals surface area contributed by atoms with Gasteiger partial charge >= 0.3 is 6.43 Å². The van der Waals surface area contributed by atoms with E-state index in [4.69, 9.17) is 0 Å². The van der Waals surface area contributed by atoms with Crippen LogP contribution in [0, 0.1) is 0 Å². The van der Waals surface area contributed by atoms with E-state index in [9.17, 15) is 22.0 Å². The molecule has 0 saturated heterocycles. The number of halogens is 2. The zero-order chi connectivity index (χ0) is 14.6. The standard InChI is InChI=1S/C11H14F2N2O3S/c1-7(2)15-19(17,18)9-5-3-8(4-6-9)14-11(16)10(12)13/h3-7,10,15H,1-2H3,(H,14,16). The number of carbonyl (C=O) groups excluding carboxylic acids is 1. The van der Waals surface area contributed by atoms with Crippen LogP contribution in [0.15, 0.2) is 29.2 Å². The fraction of sp³-hybridized carbons (Fsp3) is 0.364. The number of alkyl halides is 2. The number of anilines is 1. The first-order valence-corrected chi connectivity index (χ1v) is 6.92. The molecule has 19 heavy (non-hydrogen) atoms. The molecule has 0 radical (unpaired) electrons. The number of benzene rings is 1. The Labute approximate surface area is 110 Å². The molecule has 0 aromatic heterocycles. The maximum Gasteiger partial charge on any atom is 0.315 e. The Bertz CT molecular complexity index is 542. The van der Waals surface area contributed by atoms with Gasteiger partial charge in [-0.05, 0) is 38.1 Å². The number of carbonyl (C=O) groups is 1. The summed E-state index contributed by atoms with van der Waals surface area (Å²) in [5.74, 6) is -1.43. The zero-order valence-electron chi connectivity index (χ0n) is 10.4. The van der Waals surface area contributed by atoms with Gasteiger partial charge < -0.3 is 5.32 Å². The van der Waals surface area contributed by atoms with Crippen LogP contribution in [0.1, 0.15) is 13.8 Å². The van der Waals surface area contributed by atoms with E-state index in [-0.39, 0.29) is 16.6 Å². The molecular weight excluding hydrogens is 278 g/mol. The van der Waals surface area contributed by atoms with Crippen LogP contribution in [-0.2, 0) is 14.8 Å². The Kier molecular flexibility index (Phi) is 4.96. The van der Waals surface area contributed by atoms with E-state index in [1.165, 1.54) is 24.3 Å². The van der Waals surface area contributed by atoms with Crippen molar-refractivity contribution in [1.29, 1.82) is 0 Å². The van der Waals surface area contributed by atoms with Crippen molar-refractivity contribution in [3.8, 4) is 0 Å². The molecule has 1 aromatic carbocycles. The predicted octanol–water partition coefficient (Wildman–Crippen LogP) is 1.58. The highest BCUT2D eigenvalue weighted by Gasteiger charge is 2.17. The molecule has 0 spiro atoms. The van der Waals surface area contributed by atoms with Crippen LogP contribution in [0.4, 0.5) is 14.5 Å². The monoisotopic (exact) mass is 292 g/mol. The lowest BCUT2D eigenvalue weighted by Gasteiger charge is -2.10. The van der Waals surface area contributed by atoms with Crippen LogP contribution in [0.25, 0.3) is 0 Å². The van der Waals surface area contributed by atoms with E-state index in [0.717, 1.165) is 0 Å². The summed E-state index contributed by atoms with van der Waals surface area (Å²) in [6, 6.07) is 4.69. The molecular formula is C11H14F2N2O3S. The summed E-state index contributed by atoms with van der Waals surface area (Å²) in [6.07, 6.45) is -3.12. The minimum atomic E-state index is -3.63. The molecule has 0 unspecified atom stereocenters. The van der Waals surface area contributed by atoms with Gasteiger partial charge in [0.05, 0.1) is 4.90 Å².